The summed E-state index contributed by atoms with van der Waals surface area (Å²) in [6.45, 7) is 1.32. The van der Waals surface area contributed by atoms with Gasteiger partial charge >= 0.3 is 0 Å². The number of nitrogens with zero attached hydrogens (tertiary/aromatic N) is 2. The van der Waals surface area contributed by atoms with E-state index in [1.54, 1.807) is 30.5 Å². The third-order valence-corrected chi connectivity index (χ3v) is 3.77. The number of hydrogen-bond donors (Lipinski definition) is 3. The number of nitrogens with one attached hydrogen (secondary N) is 3. The van der Waals surface area contributed by atoms with Crippen molar-refractivity contribution in [2.45, 2.75) is 12.8 Å². The van der Waals surface area contributed by atoms with E-state index in [0.717, 1.165) is 25.2 Å². The fourth-order valence-electron chi connectivity index (χ4n) is 2.51. The number of unbranched alkanes of at least 4 members (excludes halogenated alkanes) is 1. The van der Waals surface area contributed by atoms with Gasteiger partial charge in [0, 0.05) is 24.7 Å². The number of aromatic amines is 1. The van der Waals surface area contributed by atoms with Crippen LogP contribution in [0, 0.1) is 0 Å². The SMILES string of the molecule is O=C(NCCCCNc1ccccn1)c1n[nH]c(=O)c2ccccc12. The van der Waals surface area contributed by atoms with Crippen LogP contribution in [0.2, 0.25) is 0 Å². The molecule has 0 aliphatic carbocycles. The molecule has 3 rings (SSSR count). The maximum absolute atomic E-state index is 12.3. The number of H-pyrrole nitrogens is 1. The summed E-state index contributed by atoms with van der Waals surface area (Å²) < 4.78 is 0. The number of amides is 1. The van der Waals surface area contributed by atoms with Gasteiger partial charge in [0.05, 0.1) is 5.39 Å². The van der Waals surface area contributed by atoms with Crippen LogP contribution in [0.5, 0.6) is 0 Å². The van der Waals surface area contributed by atoms with Crippen molar-refractivity contribution < 1.29 is 4.79 Å². The fourth-order valence-corrected chi connectivity index (χ4v) is 2.51. The summed E-state index contributed by atoms with van der Waals surface area (Å²) in [7, 11) is 0. The fraction of sp³-hybridized carbons (Fsp3) is 0.222. The van der Waals surface area contributed by atoms with Crippen molar-refractivity contribution in [2.24, 2.45) is 0 Å². The van der Waals surface area contributed by atoms with Gasteiger partial charge in [0.2, 0.25) is 0 Å². The van der Waals surface area contributed by atoms with E-state index in [4.69, 9.17) is 0 Å². The van der Waals surface area contributed by atoms with Crippen molar-refractivity contribution in [3.8, 4) is 0 Å². The van der Waals surface area contributed by atoms with Gasteiger partial charge in [-0.05, 0) is 31.0 Å². The molecule has 3 N–H and O–H groups in total. The Morgan fingerprint density at radius 2 is 1.76 bits per heavy atom. The van der Waals surface area contributed by atoms with Crippen LogP contribution in [0.3, 0.4) is 0 Å². The minimum absolute atomic E-state index is 0.238. The Kier molecular flexibility index (Phi) is 5.36. The third-order valence-electron chi connectivity index (χ3n) is 3.77. The first-order valence-electron chi connectivity index (χ1n) is 8.16. The number of carbonyl (C=O) groups is 1. The molecule has 1 aromatic carbocycles. The molecule has 1 amide bonds. The highest BCUT2D eigenvalue weighted by Crippen LogP contribution is 2.12. The topological polar surface area (TPSA) is 99.8 Å². The Morgan fingerprint density at radius 1 is 1.00 bits per heavy atom. The summed E-state index contributed by atoms with van der Waals surface area (Å²) in [6, 6.07) is 12.7. The van der Waals surface area contributed by atoms with Gasteiger partial charge in [-0.3, -0.25) is 9.59 Å². The summed E-state index contributed by atoms with van der Waals surface area (Å²) in [5.74, 6) is 0.556. The lowest BCUT2D eigenvalue weighted by Crippen LogP contribution is -2.27. The van der Waals surface area contributed by atoms with Crippen molar-refractivity contribution in [1.82, 2.24) is 20.5 Å². The van der Waals surface area contributed by atoms with Crippen molar-refractivity contribution in [3.05, 3.63) is 64.7 Å². The molecular formula is C18H19N5O2. The Hall–Kier alpha value is -3.22. The van der Waals surface area contributed by atoms with Gasteiger partial charge in [0.1, 0.15) is 5.82 Å². The molecule has 0 aliphatic heterocycles. The minimum Gasteiger partial charge on any atom is -0.370 e. The highest BCUT2D eigenvalue weighted by Gasteiger charge is 2.13. The first kappa shape index (κ1) is 16.6. The van der Waals surface area contributed by atoms with Gasteiger partial charge < -0.3 is 10.6 Å². The molecule has 0 saturated carbocycles. The van der Waals surface area contributed by atoms with Crippen LogP contribution >= 0.6 is 0 Å². The Bertz CT molecular complexity index is 908. The van der Waals surface area contributed by atoms with Crippen molar-refractivity contribution >= 4 is 22.5 Å². The van der Waals surface area contributed by atoms with E-state index >= 15 is 0 Å². The zero-order valence-electron chi connectivity index (χ0n) is 13.7. The molecule has 128 valence electrons. The number of rotatable bonds is 7. The van der Waals surface area contributed by atoms with Crippen LogP contribution in [0.4, 0.5) is 5.82 Å². The van der Waals surface area contributed by atoms with Crippen LogP contribution in [0.25, 0.3) is 10.8 Å². The van der Waals surface area contributed by atoms with E-state index in [1.165, 1.54) is 0 Å². The maximum atomic E-state index is 12.3. The number of benzene rings is 1. The lowest BCUT2D eigenvalue weighted by molar-refractivity contribution is 0.0949. The van der Waals surface area contributed by atoms with Crippen molar-refractivity contribution in [1.29, 1.82) is 0 Å². The molecule has 25 heavy (non-hydrogen) atoms. The van der Waals surface area contributed by atoms with Gasteiger partial charge in [-0.1, -0.05) is 24.3 Å². The quantitative estimate of drug-likeness (QED) is 0.572. The van der Waals surface area contributed by atoms with Crippen molar-refractivity contribution in [3.63, 3.8) is 0 Å². The highest BCUT2D eigenvalue weighted by atomic mass is 16.2. The van der Waals surface area contributed by atoms with Gasteiger partial charge in [0.15, 0.2) is 5.69 Å². The normalized spacial score (nSPS) is 10.6. The van der Waals surface area contributed by atoms with E-state index in [9.17, 15) is 9.59 Å². The second kappa shape index (κ2) is 8.05. The molecule has 0 saturated heterocycles. The summed E-state index contributed by atoms with van der Waals surface area (Å²) in [5.41, 5.74) is -0.0606. The Balaban J connectivity index is 1.49. The van der Waals surface area contributed by atoms with Gasteiger partial charge in [-0.2, -0.15) is 5.10 Å². The molecule has 0 spiro atoms. The summed E-state index contributed by atoms with van der Waals surface area (Å²) in [6.07, 6.45) is 3.47. The monoisotopic (exact) mass is 337 g/mol. The second-order valence-corrected chi connectivity index (χ2v) is 5.55. The second-order valence-electron chi connectivity index (χ2n) is 5.55. The molecule has 0 aliphatic rings. The van der Waals surface area contributed by atoms with Crippen LogP contribution in [0.1, 0.15) is 23.3 Å². The van der Waals surface area contributed by atoms with E-state index in [2.05, 4.69) is 25.8 Å². The molecule has 2 heterocycles. The molecule has 7 heteroatoms. The van der Waals surface area contributed by atoms with E-state index < -0.39 is 0 Å². The number of pyridine rings is 1. The molecule has 0 bridgehead atoms. The smallest absolute Gasteiger partial charge is 0.272 e. The average Bonchev–Trinajstić information content (AvgIpc) is 2.66. The molecule has 0 atom stereocenters. The van der Waals surface area contributed by atoms with Gasteiger partial charge in [-0.15, -0.1) is 0 Å². The molecular weight excluding hydrogens is 318 g/mol. The van der Waals surface area contributed by atoms with Crippen LogP contribution in [-0.4, -0.2) is 34.2 Å². The zero-order chi connectivity index (χ0) is 17.5. The summed E-state index contributed by atoms with van der Waals surface area (Å²) >= 11 is 0. The van der Waals surface area contributed by atoms with E-state index in [1.807, 2.05) is 18.2 Å². The molecule has 2 aromatic heterocycles. The number of aromatic nitrogens is 3. The van der Waals surface area contributed by atoms with Crippen molar-refractivity contribution in [2.75, 3.05) is 18.4 Å². The minimum atomic E-state index is -0.298. The van der Waals surface area contributed by atoms with Crippen LogP contribution in [0.15, 0.2) is 53.5 Å². The number of anilines is 1. The maximum Gasteiger partial charge on any atom is 0.272 e. The largest absolute Gasteiger partial charge is 0.370 e. The molecule has 0 unspecified atom stereocenters. The Labute approximate surface area is 144 Å². The number of carbonyl (C=O) groups excluding carboxylic acids is 1. The number of fused-ring (bicyclic) bond motifs is 1. The lowest BCUT2D eigenvalue weighted by Gasteiger charge is -2.07. The molecule has 7 nitrogen and oxygen atoms in total. The summed E-state index contributed by atoms with van der Waals surface area (Å²) in [4.78, 5) is 28.2. The van der Waals surface area contributed by atoms with Gasteiger partial charge in [0.25, 0.3) is 11.5 Å². The van der Waals surface area contributed by atoms with Crippen LogP contribution in [-0.2, 0) is 0 Å². The predicted molar refractivity (Wildman–Crippen MR) is 96.7 cm³/mol. The average molecular weight is 337 g/mol. The Morgan fingerprint density at radius 3 is 2.56 bits per heavy atom. The lowest BCUT2D eigenvalue weighted by atomic mass is 10.1. The first-order valence-corrected chi connectivity index (χ1v) is 8.16. The third kappa shape index (κ3) is 4.20. The van der Waals surface area contributed by atoms with Crippen LogP contribution < -0.4 is 16.2 Å². The molecule has 0 fully saturated rings. The highest BCUT2D eigenvalue weighted by molar-refractivity contribution is 6.04. The van der Waals surface area contributed by atoms with E-state index in [-0.39, 0.29) is 17.2 Å². The van der Waals surface area contributed by atoms with E-state index in [0.29, 0.717) is 17.3 Å². The summed E-state index contributed by atoms with van der Waals surface area (Å²) in [5, 5.41) is 13.3. The van der Waals surface area contributed by atoms with Gasteiger partial charge in [-0.25, -0.2) is 10.1 Å². The first-order chi connectivity index (χ1) is 12.3. The predicted octanol–water partition coefficient (Wildman–Crippen LogP) is 1.94. The molecule has 3 aromatic rings. The standard InChI is InChI=1S/C18H19N5O2/c24-17-14-8-2-1-7-13(14)16(22-23-17)18(25)21-12-6-5-11-20-15-9-3-4-10-19-15/h1-4,7-10H,5-6,11-12H2,(H,19,20)(H,21,25)(H,23,24). The number of hydrogen-bond acceptors (Lipinski definition) is 5. The zero-order valence-corrected chi connectivity index (χ0v) is 13.7. The molecule has 0 radical (unpaired) electrons.